The molecule has 26 heavy (non-hydrogen) atoms. The molecule has 0 bridgehead atoms. The first-order valence-corrected chi connectivity index (χ1v) is 9.69. The Hall–Kier alpha value is -2.32. The molecular formula is C18H18BrN5OS. The summed E-state index contributed by atoms with van der Waals surface area (Å²) in [5.74, 6) is 6.71. The average Bonchev–Trinajstić information content (AvgIpc) is 2.97. The fourth-order valence-electron chi connectivity index (χ4n) is 2.47. The zero-order chi connectivity index (χ0) is 18.7. The average molecular weight is 432 g/mol. The fourth-order valence-corrected chi connectivity index (χ4v) is 3.59. The number of aryl methyl sites for hydroxylation is 2. The van der Waals surface area contributed by atoms with Gasteiger partial charge in [-0.05, 0) is 37.6 Å². The van der Waals surface area contributed by atoms with Gasteiger partial charge in [0.15, 0.2) is 5.82 Å². The molecule has 0 fully saturated rings. The number of amides is 1. The van der Waals surface area contributed by atoms with Crippen molar-refractivity contribution in [1.29, 1.82) is 0 Å². The van der Waals surface area contributed by atoms with E-state index in [0.717, 1.165) is 26.9 Å². The molecule has 0 saturated heterocycles. The van der Waals surface area contributed by atoms with E-state index >= 15 is 0 Å². The summed E-state index contributed by atoms with van der Waals surface area (Å²) in [4.78, 5) is 12.2. The second-order valence-corrected chi connectivity index (χ2v) is 7.61. The molecule has 134 valence electrons. The minimum absolute atomic E-state index is 0.118. The van der Waals surface area contributed by atoms with Crippen molar-refractivity contribution in [1.82, 2.24) is 14.9 Å². The lowest BCUT2D eigenvalue weighted by atomic mass is 10.1. The number of hydrogen-bond acceptors (Lipinski definition) is 5. The Morgan fingerprint density at radius 2 is 2.00 bits per heavy atom. The van der Waals surface area contributed by atoms with Crippen molar-refractivity contribution in [2.75, 3.05) is 16.9 Å². The van der Waals surface area contributed by atoms with E-state index in [1.165, 1.54) is 16.4 Å². The van der Waals surface area contributed by atoms with Crippen molar-refractivity contribution < 1.29 is 4.79 Å². The van der Waals surface area contributed by atoms with E-state index in [1.54, 1.807) is 0 Å². The molecule has 0 saturated carbocycles. The molecule has 6 nitrogen and oxygen atoms in total. The Bertz CT molecular complexity index is 957. The lowest BCUT2D eigenvalue weighted by Crippen LogP contribution is -2.17. The molecule has 1 amide bonds. The maximum Gasteiger partial charge on any atom is 0.234 e. The van der Waals surface area contributed by atoms with Gasteiger partial charge in [0.1, 0.15) is 0 Å². The largest absolute Gasteiger partial charge is 0.335 e. The van der Waals surface area contributed by atoms with Crippen molar-refractivity contribution in [2.24, 2.45) is 0 Å². The molecule has 0 atom stereocenters. The number of aromatic nitrogens is 3. The van der Waals surface area contributed by atoms with Gasteiger partial charge in [-0.3, -0.25) is 4.79 Å². The Balaban J connectivity index is 1.67. The third-order valence-electron chi connectivity index (χ3n) is 3.77. The highest BCUT2D eigenvalue weighted by Gasteiger charge is 2.15. The molecule has 0 aliphatic heterocycles. The Kier molecular flexibility index (Phi) is 5.63. The highest BCUT2D eigenvalue weighted by atomic mass is 79.9. The van der Waals surface area contributed by atoms with Crippen molar-refractivity contribution in [3.8, 4) is 11.4 Å². The van der Waals surface area contributed by atoms with E-state index in [1.807, 2.05) is 56.3 Å². The van der Waals surface area contributed by atoms with Gasteiger partial charge < -0.3 is 11.2 Å². The number of carbonyl (C=O) groups is 1. The SMILES string of the molecule is Cc1ccc(NC(=O)CSc2nnc(-c3ccccc3Br)n2N)c(C)c1. The van der Waals surface area contributed by atoms with E-state index in [4.69, 9.17) is 5.84 Å². The highest BCUT2D eigenvalue weighted by Crippen LogP contribution is 2.28. The lowest BCUT2D eigenvalue weighted by Gasteiger charge is -2.09. The molecule has 3 aromatic rings. The van der Waals surface area contributed by atoms with Crippen LogP contribution >= 0.6 is 27.7 Å². The topological polar surface area (TPSA) is 85.8 Å². The molecule has 2 aromatic carbocycles. The van der Waals surface area contributed by atoms with Crippen LogP contribution in [0, 0.1) is 13.8 Å². The second kappa shape index (κ2) is 7.92. The summed E-state index contributed by atoms with van der Waals surface area (Å²) in [6.07, 6.45) is 0. The number of hydrogen-bond donors (Lipinski definition) is 2. The number of rotatable bonds is 5. The highest BCUT2D eigenvalue weighted by molar-refractivity contribution is 9.10. The first-order chi connectivity index (χ1) is 12.5. The van der Waals surface area contributed by atoms with E-state index in [0.29, 0.717) is 11.0 Å². The molecule has 0 aliphatic rings. The van der Waals surface area contributed by atoms with Gasteiger partial charge in [0, 0.05) is 15.7 Å². The summed E-state index contributed by atoms with van der Waals surface area (Å²) >= 11 is 4.72. The van der Waals surface area contributed by atoms with Crippen LogP contribution in [0.2, 0.25) is 0 Å². The van der Waals surface area contributed by atoms with Gasteiger partial charge in [0.25, 0.3) is 0 Å². The van der Waals surface area contributed by atoms with Crippen LogP contribution in [0.1, 0.15) is 11.1 Å². The van der Waals surface area contributed by atoms with Crippen LogP contribution in [0.5, 0.6) is 0 Å². The van der Waals surface area contributed by atoms with E-state index in [2.05, 4.69) is 31.4 Å². The summed E-state index contributed by atoms with van der Waals surface area (Å²) in [6.45, 7) is 3.99. The monoisotopic (exact) mass is 431 g/mol. The molecule has 3 rings (SSSR count). The van der Waals surface area contributed by atoms with Gasteiger partial charge in [-0.2, -0.15) is 0 Å². The van der Waals surface area contributed by atoms with E-state index in [-0.39, 0.29) is 11.7 Å². The van der Waals surface area contributed by atoms with Gasteiger partial charge in [-0.25, -0.2) is 4.68 Å². The van der Waals surface area contributed by atoms with Gasteiger partial charge in [0.05, 0.1) is 5.75 Å². The number of nitrogen functional groups attached to an aromatic ring is 1. The number of nitrogens with one attached hydrogen (secondary N) is 1. The normalized spacial score (nSPS) is 10.7. The zero-order valence-electron chi connectivity index (χ0n) is 14.4. The summed E-state index contributed by atoms with van der Waals surface area (Å²) in [5, 5.41) is 11.6. The number of thioether (sulfide) groups is 1. The summed E-state index contributed by atoms with van der Waals surface area (Å²) < 4.78 is 2.28. The fraction of sp³-hybridized carbons (Fsp3) is 0.167. The quantitative estimate of drug-likeness (QED) is 0.474. The minimum atomic E-state index is -0.118. The molecule has 0 unspecified atom stereocenters. The Morgan fingerprint density at radius 1 is 1.23 bits per heavy atom. The van der Waals surface area contributed by atoms with Gasteiger partial charge in [-0.15, -0.1) is 10.2 Å². The summed E-state index contributed by atoms with van der Waals surface area (Å²) in [7, 11) is 0. The van der Waals surface area contributed by atoms with Crippen LogP contribution in [-0.4, -0.2) is 26.5 Å². The second-order valence-electron chi connectivity index (χ2n) is 5.81. The maximum absolute atomic E-state index is 12.2. The van der Waals surface area contributed by atoms with Crippen LogP contribution in [-0.2, 0) is 4.79 Å². The predicted molar refractivity (Wildman–Crippen MR) is 109 cm³/mol. The molecule has 1 heterocycles. The zero-order valence-corrected chi connectivity index (χ0v) is 16.8. The summed E-state index contributed by atoms with van der Waals surface area (Å²) in [5.41, 5.74) is 3.84. The van der Waals surface area contributed by atoms with Crippen molar-refractivity contribution in [3.63, 3.8) is 0 Å². The standard InChI is InChI=1S/C18H18BrN5OS/c1-11-7-8-15(12(2)9-11)21-16(25)10-26-18-23-22-17(24(18)20)13-5-3-4-6-14(13)19/h3-9H,10,20H2,1-2H3,(H,21,25). The van der Waals surface area contributed by atoms with Crippen molar-refractivity contribution >= 4 is 39.3 Å². The molecule has 0 radical (unpaired) electrons. The third kappa shape index (κ3) is 4.08. The van der Waals surface area contributed by atoms with Gasteiger partial charge >= 0.3 is 0 Å². The molecule has 3 N–H and O–H groups in total. The van der Waals surface area contributed by atoms with Crippen LogP contribution in [0.25, 0.3) is 11.4 Å². The number of anilines is 1. The first kappa shape index (κ1) is 18.5. The lowest BCUT2D eigenvalue weighted by molar-refractivity contribution is -0.113. The maximum atomic E-state index is 12.2. The van der Waals surface area contributed by atoms with E-state index < -0.39 is 0 Å². The van der Waals surface area contributed by atoms with Gasteiger partial charge in [-0.1, -0.05) is 57.5 Å². The molecule has 0 spiro atoms. The van der Waals surface area contributed by atoms with Crippen LogP contribution in [0.3, 0.4) is 0 Å². The molecule has 0 aliphatic carbocycles. The first-order valence-electron chi connectivity index (χ1n) is 7.91. The third-order valence-corrected chi connectivity index (χ3v) is 5.40. The Labute approximate surface area is 164 Å². The van der Waals surface area contributed by atoms with Crippen LogP contribution in [0.15, 0.2) is 52.1 Å². The van der Waals surface area contributed by atoms with Crippen LogP contribution in [0.4, 0.5) is 5.69 Å². The van der Waals surface area contributed by atoms with E-state index in [9.17, 15) is 4.79 Å². The van der Waals surface area contributed by atoms with Crippen LogP contribution < -0.4 is 11.2 Å². The van der Waals surface area contributed by atoms with Gasteiger partial charge in [0.2, 0.25) is 11.1 Å². The van der Waals surface area contributed by atoms with Crippen molar-refractivity contribution in [2.45, 2.75) is 19.0 Å². The smallest absolute Gasteiger partial charge is 0.234 e. The molecule has 1 aromatic heterocycles. The number of halogens is 1. The summed E-state index contributed by atoms with van der Waals surface area (Å²) in [6, 6.07) is 13.5. The number of carbonyl (C=O) groups excluding carboxylic acids is 1. The molecular weight excluding hydrogens is 414 g/mol. The number of nitrogens with two attached hydrogens (primary N) is 1. The van der Waals surface area contributed by atoms with Crippen molar-refractivity contribution in [3.05, 3.63) is 58.1 Å². The number of nitrogens with zero attached hydrogens (tertiary/aromatic N) is 3. The minimum Gasteiger partial charge on any atom is -0.335 e. The molecule has 8 heteroatoms. The number of benzene rings is 2. The predicted octanol–water partition coefficient (Wildman–Crippen LogP) is 3.77. The Morgan fingerprint density at radius 3 is 2.73 bits per heavy atom.